The minimum absolute atomic E-state index is 0.168. The first-order valence-electron chi connectivity index (χ1n) is 7.38. The van der Waals surface area contributed by atoms with E-state index in [1.54, 1.807) is 12.1 Å². The third-order valence-electron chi connectivity index (χ3n) is 3.72. The molecule has 5 nitrogen and oxygen atoms in total. The largest absolute Gasteiger partial charge is 0.431 e. The fourth-order valence-corrected chi connectivity index (χ4v) is 2.33. The van der Waals surface area contributed by atoms with Crippen LogP contribution in [0, 0.1) is 0 Å². The molecule has 1 heterocycles. The Labute approximate surface area is 140 Å². The predicted octanol–water partition coefficient (Wildman–Crippen LogP) is 2.41. The van der Waals surface area contributed by atoms with Crippen molar-refractivity contribution in [2.75, 3.05) is 0 Å². The number of carbonyl (C=O) groups is 2. The van der Waals surface area contributed by atoms with E-state index in [-0.39, 0.29) is 10.1 Å². The molecule has 0 unspecified atom stereocenters. The molecule has 0 saturated heterocycles. The number of alkyl halides is 3. The Hall–Kier alpha value is -2.90. The highest BCUT2D eigenvalue weighted by Crippen LogP contribution is 2.28. The second-order valence-electron chi connectivity index (χ2n) is 5.36. The molecule has 0 aliphatic carbocycles. The summed E-state index contributed by atoms with van der Waals surface area (Å²) in [6.45, 7) is 1.07. The van der Waals surface area contributed by atoms with E-state index in [4.69, 9.17) is 5.73 Å². The number of hydrogen-bond acceptors (Lipinski definition) is 3. The normalized spacial score (nSPS) is 11.4. The molecular weight excluding hydrogens is 337 g/mol. The summed E-state index contributed by atoms with van der Waals surface area (Å²) in [7, 11) is 0. The minimum Gasteiger partial charge on any atom is -0.365 e. The summed E-state index contributed by atoms with van der Waals surface area (Å²) in [5, 5.41) is 0. The summed E-state index contributed by atoms with van der Waals surface area (Å²) in [5.74, 6) is -1.84. The lowest BCUT2D eigenvalue weighted by atomic mass is 10.1. The van der Waals surface area contributed by atoms with E-state index >= 15 is 0 Å². The van der Waals surface area contributed by atoms with Crippen molar-refractivity contribution in [3.8, 4) is 0 Å². The molecule has 0 fully saturated rings. The van der Waals surface area contributed by atoms with Crippen LogP contribution in [0.4, 0.5) is 13.2 Å². The standard InChI is InChI=1S/C17H15F3N2O3/c1-2-10-3-5-11(6-4-10)13(23)9-22-14(17(18,19)20)8-7-12(15(21)24)16(22)25/h3-8H,2,9H2,1H3,(H2,21,24). The number of hydrogen-bond donors (Lipinski definition) is 1. The topological polar surface area (TPSA) is 82.2 Å². The molecule has 0 saturated carbocycles. The van der Waals surface area contributed by atoms with E-state index in [9.17, 15) is 27.6 Å². The lowest BCUT2D eigenvalue weighted by molar-refractivity contribution is -0.144. The number of amides is 1. The van der Waals surface area contributed by atoms with E-state index < -0.39 is 41.2 Å². The number of Topliss-reactive ketones (excluding diaryl/α,β-unsaturated/α-hetero) is 1. The molecule has 0 bridgehead atoms. The van der Waals surface area contributed by atoms with Crippen LogP contribution in [0.5, 0.6) is 0 Å². The maximum absolute atomic E-state index is 13.1. The molecule has 0 aliphatic rings. The van der Waals surface area contributed by atoms with Crippen molar-refractivity contribution in [1.29, 1.82) is 0 Å². The van der Waals surface area contributed by atoms with Gasteiger partial charge >= 0.3 is 6.18 Å². The van der Waals surface area contributed by atoms with E-state index in [0.717, 1.165) is 12.0 Å². The fraction of sp³-hybridized carbons (Fsp3) is 0.235. The summed E-state index contributed by atoms with van der Waals surface area (Å²) in [6.07, 6.45) is -4.12. The molecule has 2 N–H and O–H groups in total. The van der Waals surface area contributed by atoms with Gasteiger partial charge in [0.05, 0.1) is 6.54 Å². The Kier molecular flexibility index (Phi) is 5.10. The molecular formula is C17H15F3N2O3. The Morgan fingerprint density at radius 3 is 2.16 bits per heavy atom. The lowest BCUT2D eigenvalue weighted by Crippen LogP contribution is -2.35. The van der Waals surface area contributed by atoms with E-state index in [0.29, 0.717) is 12.1 Å². The molecule has 132 valence electrons. The van der Waals surface area contributed by atoms with Crippen LogP contribution in [-0.2, 0) is 19.1 Å². The Morgan fingerprint density at radius 1 is 1.08 bits per heavy atom. The highest BCUT2D eigenvalue weighted by atomic mass is 19.4. The summed E-state index contributed by atoms with van der Waals surface area (Å²) in [4.78, 5) is 35.6. The summed E-state index contributed by atoms with van der Waals surface area (Å²) >= 11 is 0. The zero-order chi connectivity index (χ0) is 18.8. The molecule has 8 heteroatoms. The predicted molar refractivity (Wildman–Crippen MR) is 84.4 cm³/mol. The van der Waals surface area contributed by atoms with Gasteiger partial charge in [-0.05, 0) is 24.1 Å². The molecule has 2 rings (SSSR count). The van der Waals surface area contributed by atoms with Gasteiger partial charge in [0, 0.05) is 5.56 Å². The lowest BCUT2D eigenvalue weighted by Gasteiger charge is -2.15. The van der Waals surface area contributed by atoms with Crippen LogP contribution in [0.25, 0.3) is 0 Å². The number of pyridine rings is 1. The Balaban J connectivity index is 2.48. The van der Waals surface area contributed by atoms with Crippen LogP contribution >= 0.6 is 0 Å². The van der Waals surface area contributed by atoms with Gasteiger partial charge in [-0.3, -0.25) is 19.0 Å². The molecule has 0 aliphatic heterocycles. The third-order valence-corrected chi connectivity index (χ3v) is 3.72. The van der Waals surface area contributed by atoms with Gasteiger partial charge in [-0.25, -0.2) is 0 Å². The van der Waals surface area contributed by atoms with Gasteiger partial charge in [0.1, 0.15) is 11.3 Å². The van der Waals surface area contributed by atoms with Gasteiger partial charge < -0.3 is 5.73 Å². The molecule has 1 amide bonds. The Morgan fingerprint density at radius 2 is 1.68 bits per heavy atom. The van der Waals surface area contributed by atoms with Gasteiger partial charge in [0.2, 0.25) is 0 Å². The molecule has 1 aromatic heterocycles. The first-order valence-corrected chi connectivity index (χ1v) is 7.38. The monoisotopic (exact) mass is 352 g/mol. The van der Waals surface area contributed by atoms with Crippen molar-refractivity contribution in [2.24, 2.45) is 5.73 Å². The molecule has 0 atom stereocenters. The first-order chi connectivity index (χ1) is 11.6. The van der Waals surface area contributed by atoms with E-state index in [2.05, 4.69) is 0 Å². The van der Waals surface area contributed by atoms with Crippen molar-refractivity contribution in [2.45, 2.75) is 26.1 Å². The SMILES string of the molecule is CCc1ccc(C(=O)Cn2c(C(F)(F)F)ccc(C(N)=O)c2=O)cc1. The molecule has 2 aromatic rings. The van der Waals surface area contributed by atoms with Gasteiger partial charge in [-0.15, -0.1) is 0 Å². The summed E-state index contributed by atoms with van der Waals surface area (Å²) in [5.41, 5.74) is 2.95. The van der Waals surface area contributed by atoms with Crippen LogP contribution in [-0.4, -0.2) is 16.3 Å². The maximum Gasteiger partial charge on any atom is 0.431 e. The molecule has 0 radical (unpaired) electrons. The van der Waals surface area contributed by atoms with Crippen LogP contribution in [0.3, 0.4) is 0 Å². The first kappa shape index (κ1) is 18.4. The van der Waals surface area contributed by atoms with Gasteiger partial charge in [0.25, 0.3) is 11.5 Å². The zero-order valence-electron chi connectivity index (χ0n) is 13.3. The summed E-state index contributed by atoms with van der Waals surface area (Å²) < 4.78 is 39.6. The van der Waals surface area contributed by atoms with Gasteiger partial charge in [-0.2, -0.15) is 13.2 Å². The number of halogens is 3. The van der Waals surface area contributed by atoms with Crippen LogP contribution < -0.4 is 11.3 Å². The van der Waals surface area contributed by atoms with E-state index in [1.165, 1.54) is 12.1 Å². The molecule has 0 spiro atoms. The average Bonchev–Trinajstić information content (AvgIpc) is 2.55. The number of carbonyl (C=O) groups excluding carboxylic acids is 2. The zero-order valence-corrected chi connectivity index (χ0v) is 13.3. The van der Waals surface area contributed by atoms with E-state index in [1.807, 2.05) is 6.92 Å². The van der Waals surface area contributed by atoms with Gasteiger partial charge in [-0.1, -0.05) is 31.2 Å². The second kappa shape index (κ2) is 6.92. The number of primary amides is 1. The third kappa shape index (κ3) is 3.96. The number of nitrogens with two attached hydrogens (primary N) is 1. The van der Waals surface area contributed by atoms with Gasteiger partial charge in [0.15, 0.2) is 5.78 Å². The van der Waals surface area contributed by atoms with Crippen LogP contribution in [0.15, 0.2) is 41.2 Å². The van der Waals surface area contributed by atoms with Crippen LogP contribution in [0.1, 0.15) is 38.9 Å². The smallest absolute Gasteiger partial charge is 0.365 e. The fourth-order valence-electron chi connectivity index (χ4n) is 2.33. The average molecular weight is 352 g/mol. The second-order valence-corrected chi connectivity index (χ2v) is 5.36. The molecule has 1 aromatic carbocycles. The van der Waals surface area contributed by atoms with Crippen molar-refractivity contribution in [3.63, 3.8) is 0 Å². The maximum atomic E-state index is 13.1. The summed E-state index contributed by atoms with van der Waals surface area (Å²) in [6, 6.07) is 7.61. The highest BCUT2D eigenvalue weighted by Gasteiger charge is 2.35. The van der Waals surface area contributed by atoms with Crippen LogP contribution in [0.2, 0.25) is 0 Å². The Bertz CT molecular complexity index is 868. The quantitative estimate of drug-likeness (QED) is 0.839. The number of rotatable bonds is 5. The number of aryl methyl sites for hydroxylation is 1. The number of ketones is 1. The van der Waals surface area contributed by atoms with Crippen molar-refractivity contribution in [1.82, 2.24) is 4.57 Å². The van der Waals surface area contributed by atoms with Crippen molar-refractivity contribution in [3.05, 3.63) is 69.1 Å². The number of benzene rings is 1. The number of aromatic nitrogens is 1. The highest BCUT2D eigenvalue weighted by molar-refractivity contribution is 5.96. The minimum atomic E-state index is -4.86. The number of nitrogens with zero attached hydrogens (tertiary/aromatic N) is 1. The van der Waals surface area contributed by atoms with Crippen molar-refractivity contribution >= 4 is 11.7 Å². The molecule has 25 heavy (non-hydrogen) atoms. The van der Waals surface area contributed by atoms with Crippen molar-refractivity contribution < 1.29 is 22.8 Å².